The molecule has 100 valence electrons. The normalized spacial score (nSPS) is 20.9. The molecular weight excluding hydrogens is 228 g/mol. The fourth-order valence-corrected chi connectivity index (χ4v) is 2.20. The predicted molar refractivity (Wildman–Crippen MR) is 71.6 cm³/mol. The molecule has 1 fully saturated rings. The fourth-order valence-electron chi connectivity index (χ4n) is 2.20. The first-order valence-corrected chi connectivity index (χ1v) is 6.54. The van der Waals surface area contributed by atoms with E-state index in [9.17, 15) is 0 Å². The third kappa shape index (κ3) is 3.65. The molecule has 2 rings (SSSR count). The maximum atomic E-state index is 5.75. The summed E-state index contributed by atoms with van der Waals surface area (Å²) in [5.41, 5.74) is 6.83. The summed E-state index contributed by atoms with van der Waals surface area (Å²) in [7, 11) is 2.00. The van der Waals surface area contributed by atoms with Gasteiger partial charge >= 0.3 is 0 Å². The summed E-state index contributed by atoms with van der Waals surface area (Å²) in [6.45, 7) is 3.72. The molecule has 1 saturated heterocycles. The van der Waals surface area contributed by atoms with Gasteiger partial charge in [0.25, 0.3) is 0 Å². The summed E-state index contributed by atoms with van der Waals surface area (Å²) in [5.74, 6) is 0.749. The summed E-state index contributed by atoms with van der Waals surface area (Å²) < 4.78 is 5.61. The molecule has 5 nitrogen and oxygen atoms in total. The minimum atomic E-state index is 0.143. The van der Waals surface area contributed by atoms with Crippen molar-refractivity contribution >= 4 is 5.95 Å². The van der Waals surface area contributed by atoms with Crippen molar-refractivity contribution in [1.29, 1.82) is 0 Å². The van der Waals surface area contributed by atoms with Gasteiger partial charge in [-0.25, -0.2) is 9.97 Å². The predicted octanol–water partition coefficient (Wildman–Crippen LogP) is 0.981. The molecule has 0 bridgehead atoms. The van der Waals surface area contributed by atoms with E-state index in [0.717, 1.165) is 43.9 Å². The number of ether oxygens (including phenoxy) is 1. The van der Waals surface area contributed by atoms with E-state index >= 15 is 0 Å². The first-order chi connectivity index (χ1) is 8.65. The topological polar surface area (TPSA) is 64.3 Å². The first kappa shape index (κ1) is 13.2. The highest BCUT2D eigenvalue weighted by Gasteiger charge is 2.18. The van der Waals surface area contributed by atoms with Crippen molar-refractivity contribution in [3.05, 3.63) is 18.0 Å². The zero-order valence-electron chi connectivity index (χ0n) is 11.2. The van der Waals surface area contributed by atoms with E-state index in [4.69, 9.17) is 10.5 Å². The molecule has 0 aliphatic carbocycles. The number of aromatic nitrogens is 2. The quantitative estimate of drug-likeness (QED) is 0.844. The molecule has 0 saturated carbocycles. The van der Waals surface area contributed by atoms with E-state index in [1.807, 2.05) is 31.3 Å². The van der Waals surface area contributed by atoms with E-state index in [-0.39, 0.29) is 6.04 Å². The van der Waals surface area contributed by atoms with Crippen molar-refractivity contribution in [3.8, 4) is 0 Å². The Morgan fingerprint density at radius 3 is 2.78 bits per heavy atom. The summed E-state index contributed by atoms with van der Waals surface area (Å²) >= 11 is 0. The Morgan fingerprint density at radius 2 is 2.22 bits per heavy atom. The lowest BCUT2D eigenvalue weighted by Crippen LogP contribution is -2.30. The minimum absolute atomic E-state index is 0.143. The van der Waals surface area contributed by atoms with Crippen LogP contribution in [0, 0.1) is 0 Å². The van der Waals surface area contributed by atoms with Crippen LogP contribution in [0.15, 0.2) is 12.4 Å². The van der Waals surface area contributed by atoms with E-state index < -0.39 is 0 Å². The van der Waals surface area contributed by atoms with E-state index in [1.54, 1.807) is 0 Å². The standard InChI is InChI=1S/C13H22N4O/c1-10(14)6-11-7-15-13(16-8-11)17(2)9-12-4-3-5-18-12/h7-8,10,12H,3-6,9,14H2,1-2H3. The van der Waals surface area contributed by atoms with Crippen molar-refractivity contribution in [2.24, 2.45) is 5.73 Å². The van der Waals surface area contributed by atoms with Gasteiger partial charge in [0.1, 0.15) is 0 Å². The summed E-state index contributed by atoms with van der Waals surface area (Å²) in [6.07, 6.45) is 7.15. The number of hydrogen-bond acceptors (Lipinski definition) is 5. The summed E-state index contributed by atoms with van der Waals surface area (Å²) in [4.78, 5) is 10.8. The molecule has 0 amide bonds. The highest BCUT2D eigenvalue weighted by molar-refractivity contribution is 5.28. The van der Waals surface area contributed by atoms with Crippen molar-refractivity contribution in [1.82, 2.24) is 9.97 Å². The van der Waals surface area contributed by atoms with Crippen molar-refractivity contribution < 1.29 is 4.74 Å². The highest BCUT2D eigenvalue weighted by Crippen LogP contribution is 2.15. The van der Waals surface area contributed by atoms with Gasteiger partial charge in [0.15, 0.2) is 0 Å². The number of likely N-dealkylation sites (N-methyl/N-ethyl adjacent to an activating group) is 1. The van der Waals surface area contributed by atoms with Crippen LogP contribution >= 0.6 is 0 Å². The number of nitrogens with two attached hydrogens (primary N) is 1. The molecule has 0 spiro atoms. The molecule has 5 heteroatoms. The van der Waals surface area contributed by atoms with Crippen LogP contribution in [0.25, 0.3) is 0 Å². The van der Waals surface area contributed by atoms with Crippen molar-refractivity contribution in [2.75, 3.05) is 25.1 Å². The Morgan fingerprint density at radius 1 is 1.50 bits per heavy atom. The molecule has 0 aromatic carbocycles. The molecule has 1 aliphatic rings. The van der Waals surface area contributed by atoms with Crippen molar-refractivity contribution in [2.45, 2.75) is 38.3 Å². The SMILES string of the molecule is CC(N)Cc1cnc(N(C)CC2CCCO2)nc1. The molecule has 2 atom stereocenters. The van der Waals surface area contributed by atoms with Gasteiger partial charge < -0.3 is 15.4 Å². The number of rotatable bonds is 5. The third-order valence-electron chi connectivity index (χ3n) is 3.09. The second-order valence-corrected chi connectivity index (χ2v) is 5.09. The van der Waals surface area contributed by atoms with E-state index in [0.29, 0.717) is 6.10 Å². The van der Waals surface area contributed by atoms with Gasteiger partial charge in [-0.15, -0.1) is 0 Å². The van der Waals surface area contributed by atoms with Crippen LogP contribution in [0.4, 0.5) is 5.95 Å². The highest BCUT2D eigenvalue weighted by atomic mass is 16.5. The Bertz CT molecular complexity index is 360. The lowest BCUT2D eigenvalue weighted by molar-refractivity contribution is 0.116. The third-order valence-corrected chi connectivity index (χ3v) is 3.09. The zero-order valence-corrected chi connectivity index (χ0v) is 11.2. The number of nitrogens with zero attached hydrogens (tertiary/aromatic N) is 3. The molecule has 1 aliphatic heterocycles. The maximum absolute atomic E-state index is 5.75. The van der Waals surface area contributed by atoms with E-state index in [1.165, 1.54) is 0 Å². The molecular formula is C13H22N4O. The second kappa shape index (κ2) is 6.11. The Balaban J connectivity index is 1.91. The van der Waals surface area contributed by atoms with Gasteiger partial charge in [-0.1, -0.05) is 0 Å². The van der Waals surface area contributed by atoms with Gasteiger partial charge in [-0.3, -0.25) is 0 Å². The molecule has 0 radical (unpaired) electrons. The largest absolute Gasteiger partial charge is 0.376 e. The average molecular weight is 250 g/mol. The molecule has 1 aromatic rings. The lowest BCUT2D eigenvalue weighted by atomic mass is 10.1. The van der Waals surface area contributed by atoms with E-state index in [2.05, 4.69) is 9.97 Å². The van der Waals surface area contributed by atoms with Crippen LogP contribution in [0.1, 0.15) is 25.3 Å². The van der Waals surface area contributed by atoms with Crippen LogP contribution in [-0.2, 0) is 11.2 Å². The van der Waals surface area contributed by atoms with Crippen LogP contribution in [0.3, 0.4) is 0 Å². The Hall–Kier alpha value is -1.20. The van der Waals surface area contributed by atoms with Gasteiger partial charge in [0.05, 0.1) is 6.10 Å². The smallest absolute Gasteiger partial charge is 0.225 e. The van der Waals surface area contributed by atoms with Crippen LogP contribution in [0.2, 0.25) is 0 Å². The molecule has 1 aromatic heterocycles. The van der Waals surface area contributed by atoms with Gasteiger partial charge in [0, 0.05) is 38.6 Å². The van der Waals surface area contributed by atoms with Gasteiger partial charge in [0.2, 0.25) is 5.95 Å². The second-order valence-electron chi connectivity index (χ2n) is 5.09. The molecule has 2 N–H and O–H groups in total. The van der Waals surface area contributed by atoms with Crippen LogP contribution in [-0.4, -0.2) is 42.3 Å². The van der Waals surface area contributed by atoms with Crippen LogP contribution < -0.4 is 10.6 Å². The molecule has 2 heterocycles. The van der Waals surface area contributed by atoms with Gasteiger partial charge in [-0.05, 0) is 31.7 Å². The summed E-state index contributed by atoms with van der Waals surface area (Å²) in [5, 5.41) is 0. The Labute approximate surface area is 108 Å². The molecule has 18 heavy (non-hydrogen) atoms. The lowest BCUT2D eigenvalue weighted by Gasteiger charge is -2.20. The van der Waals surface area contributed by atoms with Crippen molar-refractivity contribution in [3.63, 3.8) is 0 Å². The summed E-state index contributed by atoms with van der Waals surface area (Å²) in [6, 6.07) is 0.143. The molecule has 2 unspecified atom stereocenters. The number of anilines is 1. The zero-order chi connectivity index (χ0) is 13.0. The first-order valence-electron chi connectivity index (χ1n) is 6.54. The monoisotopic (exact) mass is 250 g/mol. The maximum Gasteiger partial charge on any atom is 0.225 e. The number of hydrogen-bond donors (Lipinski definition) is 1. The van der Waals surface area contributed by atoms with Gasteiger partial charge in [-0.2, -0.15) is 0 Å². The Kier molecular flexibility index (Phi) is 4.49. The fraction of sp³-hybridized carbons (Fsp3) is 0.692. The minimum Gasteiger partial charge on any atom is -0.376 e. The van der Waals surface area contributed by atoms with Crippen LogP contribution in [0.5, 0.6) is 0 Å². The average Bonchev–Trinajstić information content (AvgIpc) is 2.82.